The van der Waals surface area contributed by atoms with Crippen molar-refractivity contribution in [2.75, 3.05) is 0 Å². The van der Waals surface area contributed by atoms with E-state index in [0.29, 0.717) is 16.7 Å². The van der Waals surface area contributed by atoms with Crippen LogP contribution in [0.3, 0.4) is 0 Å². The van der Waals surface area contributed by atoms with Gasteiger partial charge in [0.1, 0.15) is 16.4 Å². The minimum Gasteiger partial charge on any atom is -1.00 e. The van der Waals surface area contributed by atoms with Crippen LogP contribution in [-0.4, -0.2) is 18.6 Å². The maximum absolute atomic E-state index is 12.6. The van der Waals surface area contributed by atoms with Crippen LogP contribution in [0.25, 0.3) is 0 Å². The van der Waals surface area contributed by atoms with E-state index in [-0.39, 0.29) is 47.4 Å². The van der Waals surface area contributed by atoms with E-state index in [1.54, 1.807) is 42.5 Å². The Morgan fingerprint density at radius 3 is 1.73 bits per heavy atom. The molecule has 0 amide bonds. The first-order chi connectivity index (χ1) is 11.9. The average Bonchev–Trinajstić information content (AvgIpc) is 2.85. The Hall–Kier alpha value is -1.83. The summed E-state index contributed by atoms with van der Waals surface area (Å²) in [5.74, 6) is 0.137. The van der Waals surface area contributed by atoms with Gasteiger partial charge >= 0.3 is 29.6 Å². The molecule has 1 heterocycles. The summed E-state index contributed by atoms with van der Waals surface area (Å²) in [4.78, 5) is 0.108. The van der Waals surface area contributed by atoms with Gasteiger partial charge in [0.15, 0.2) is 5.60 Å². The van der Waals surface area contributed by atoms with Crippen LogP contribution in [0.5, 0.6) is 11.5 Å². The molecular formula is C19H15NaO5S. The minimum absolute atomic E-state index is 0. The van der Waals surface area contributed by atoms with Crippen LogP contribution in [-0.2, 0) is 19.9 Å². The number of aromatic hydroxyl groups is 2. The second kappa shape index (κ2) is 6.72. The second-order valence-electron chi connectivity index (χ2n) is 5.81. The fourth-order valence-corrected chi connectivity index (χ4v) is 4.62. The van der Waals surface area contributed by atoms with Crippen molar-refractivity contribution in [3.8, 4) is 11.5 Å². The molecule has 0 aliphatic carbocycles. The van der Waals surface area contributed by atoms with Crippen LogP contribution in [0, 0.1) is 0 Å². The van der Waals surface area contributed by atoms with Crippen molar-refractivity contribution in [3.63, 3.8) is 0 Å². The summed E-state index contributed by atoms with van der Waals surface area (Å²) in [6, 6.07) is 19.0. The van der Waals surface area contributed by atoms with Crippen LogP contribution in [0.15, 0.2) is 77.7 Å². The molecule has 0 saturated carbocycles. The van der Waals surface area contributed by atoms with Crippen molar-refractivity contribution in [3.05, 3.63) is 89.5 Å². The van der Waals surface area contributed by atoms with E-state index in [1.807, 2.05) is 0 Å². The Morgan fingerprint density at radius 1 is 0.769 bits per heavy atom. The molecule has 0 atom stereocenters. The van der Waals surface area contributed by atoms with E-state index in [4.69, 9.17) is 4.18 Å². The molecule has 0 radical (unpaired) electrons. The van der Waals surface area contributed by atoms with Gasteiger partial charge in [0.25, 0.3) is 10.1 Å². The molecule has 3 aromatic carbocycles. The molecule has 7 heteroatoms. The standard InChI is InChI=1S/C19H14O5S.Na.H/c20-15-9-5-13(6-10-15)19(14-7-11-16(21)12-8-14)17-3-1-2-4-18(17)25(22,23)24-19;;/h1-12,20-21H;;/q;+1;-1. The average molecular weight is 378 g/mol. The molecule has 0 saturated heterocycles. The number of benzene rings is 3. The maximum Gasteiger partial charge on any atom is 1.00 e. The van der Waals surface area contributed by atoms with Gasteiger partial charge in [0.05, 0.1) is 0 Å². The van der Waals surface area contributed by atoms with Crippen LogP contribution in [0.2, 0.25) is 0 Å². The van der Waals surface area contributed by atoms with Crippen molar-refractivity contribution in [2.45, 2.75) is 10.5 Å². The molecule has 0 unspecified atom stereocenters. The summed E-state index contributed by atoms with van der Waals surface area (Å²) in [6.45, 7) is 0. The van der Waals surface area contributed by atoms with E-state index < -0.39 is 15.7 Å². The molecule has 4 rings (SSSR count). The van der Waals surface area contributed by atoms with E-state index >= 15 is 0 Å². The zero-order valence-electron chi connectivity index (χ0n) is 15.0. The zero-order chi connectivity index (χ0) is 17.7. The van der Waals surface area contributed by atoms with Crippen molar-refractivity contribution in [1.29, 1.82) is 0 Å². The third kappa shape index (κ3) is 2.84. The number of phenolic OH excluding ortho intramolecular Hbond substituents is 2. The van der Waals surface area contributed by atoms with E-state index in [9.17, 15) is 18.6 Å². The summed E-state index contributed by atoms with van der Waals surface area (Å²) in [5.41, 5.74) is 0.233. The van der Waals surface area contributed by atoms with Crippen molar-refractivity contribution in [2.24, 2.45) is 0 Å². The topological polar surface area (TPSA) is 83.8 Å². The predicted octanol–water partition coefficient (Wildman–Crippen LogP) is 0.225. The molecule has 0 spiro atoms. The largest absolute Gasteiger partial charge is 1.00 e. The van der Waals surface area contributed by atoms with Gasteiger partial charge in [-0.3, -0.25) is 0 Å². The van der Waals surface area contributed by atoms with Crippen LogP contribution in [0.4, 0.5) is 0 Å². The molecule has 0 aromatic heterocycles. The second-order valence-corrected chi connectivity index (χ2v) is 7.32. The molecule has 2 N–H and O–H groups in total. The monoisotopic (exact) mass is 378 g/mol. The van der Waals surface area contributed by atoms with Crippen molar-refractivity contribution >= 4 is 10.1 Å². The molecule has 5 nitrogen and oxygen atoms in total. The molecule has 3 aromatic rings. The van der Waals surface area contributed by atoms with E-state index in [0.717, 1.165) is 0 Å². The molecule has 128 valence electrons. The third-order valence-corrected chi connectivity index (χ3v) is 5.68. The first-order valence-corrected chi connectivity index (χ1v) is 8.98. The number of fused-ring (bicyclic) bond motifs is 1. The van der Waals surface area contributed by atoms with Gasteiger partial charge in [0.2, 0.25) is 0 Å². The summed E-state index contributed by atoms with van der Waals surface area (Å²) >= 11 is 0. The molecule has 1 aliphatic heterocycles. The van der Waals surface area contributed by atoms with Gasteiger partial charge in [0, 0.05) is 5.56 Å². The summed E-state index contributed by atoms with van der Waals surface area (Å²) in [7, 11) is -3.95. The fourth-order valence-electron chi connectivity index (χ4n) is 3.20. The molecule has 0 bridgehead atoms. The number of rotatable bonds is 2. The Bertz CT molecular complexity index is 1000. The smallest absolute Gasteiger partial charge is 1.00 e. The van der Waals surface area contributed by atoms with Crippen LogP contribution < -0.4 is 29.6 Å². The Labute approximate surface area is 174 Å². The van der Waals surface area contributed by atoms with Gasteiger partial charge in [-0.15, -0.1) is 0 Å². The molecular weight excluding hydrogens is 363 g/mol. The third-order valence-electron chi connectivity index (χ3n) is 4.32. The minimum atomic E-state index is -3.95. The van der Waals surface area contributed by atoms with Crippen molar-refractivity contribution in [1.82, 2.24) is 0 Å². The van der Waals surface area contributed by atoms with E-state index in [1.165, 1.54) is 30.3 Å². The van der Waals surface area contributed by atoms with Crippen LogP contribution >= 0.6 is 0 Å². The number of hydrogen-bond donors (Lipinski definition) is 2. The first-order valence-electron chi connectivity index (χ1n) is 7.58. The maximum atomic E-state index is 12.6. The van der Waals surface area contributed by atoms with Gasteiger partial charge < -0.3 is 11.6 Å². The van der Waals surface area contributed by atoms with Gasteiger partial charge in [-0.05, 0) is 41.5 Å². The summed E-state index contributed by atoms with van der Waals surface area (Å²) in [5, 5.41) is 19.2. The molecule has 1 aliphatic rings. The SMILES string of the molecule is O=S1(=O)OC(c2ccc(O)cc2)(c2ccc(O)cc2)c2ccccc21.[H-].[Na+]. The number of hydrogen-bond acceptors (Lipinski definition) is 5. The van der Waals surface area contributed by atoms with Gasteiger partial charge in [-0.25, -0.2) is 4.18 Å². The van der Waals surface area contributed by atoms with E-state index in [2.05, 4.69) is 0 Å². The van der Waals surface area contributed by atoms with Gasteiger partial charge in [-0.2, -0.15) is 8.42 Å². The quantitative estimate of drug-likeness (QED) is 0.493. The first kappa shape index (κ1) is 18.9. The Morgan fingerprint density at radius 2 is 1.23 bits per heavy atom. The van der Waals surface area contributed by atoms with Crippen molar-refractivity contribution < 1.29 is 53.8 Å². The molecule has 0 fully saturated rings. The normalized spacial score (nSPS) is 16.5. The fraction of sp³-hybridized carbons (Fsp3) is 0.0526. The zero-order valence-corrected chi connectivity index (χ0v) is 16.8. The van der Waals surface area contributed by atoms with Gasteiger partial charge in [-0.1, -0.05) is 42.5 Å². The van der Waals surface area contributed by atoms with Crippen LogP contribution in [0.1, 0.15) is 18.1 Å². The Balaban J connectivity index is 0.00000131. The summed E-state index contributed by atoms with van der Waals surface area (Å²) < 4.78 is 30.9. The number of phenols is 2. The molecule has 26 heavy (non-hydrogen) atoms. The summed E-state index contributed by atoms with van der Waals surface area (Å²) in [6.07, 6.45) is 0. The predicted molar refractivity (Wildman–Crippen MR) is 91.9 cm³/mol. The Kier molecular flexibility index (Phi) is 4.90.